The molecule has 4 unspecified atom stereocenters. The number of likely N-dealkylation sites (N-methyl/N-ethyl adjacent to an activating group) is 1. The number of nitrogens with zero attached hydrogens (tertiary/aromatic N) is 1. The smallest absolute Gasteiger partial charge is 0.000733 e. The topological polar surface area (TPSA) is 120 Å². The molecular formula is C31H60IN5O3. The Labute approximate surface area is 252 Å². The first-order valence-electron chi connectivity index (χ1n) is 14.7. The molecule has 4 atom stereocenters. The molecule has 6 N–H and O–H groups in total. The van der Waals surface area contributed by atoms with Gasteiger partial charge in [0, 0.05) is 12.5 Å². The van der Waals surface area contributed by atoms with Gasteiger partial charge < -0.3 is 11.1 Å². The minimum absolute atomic E-state index is 0.0403. The van der Waals surface area contributed by atoms with Crippen molar-refractivity contribution in [3.63, 3.8) is 0 Å². The van der Waals surface area contributed by atoms with Crippen LogP contribution >= 0.6 is 19.8 Å². The van der Waals surface area contributed by atoms with E-state index >= 15 is 0 Å². The van der Waals surface area contributed by atoms with Gasteiger partial charge in [-0.1, -0.05) is 20.8 Å². The van der Waals surface area contributed by atoms with Gasteiger partial charge in [0.2, 0.25) is 5.91 Å². The Morgan fingerprint density at radius 3 is 2.05 bits per heavy atom. The van der Waals surface area contributed by atoms with Gasteiger partial charge in [0.05, 0.1) is 0 Å². The molecule has 1 saturated heterocycles. The van der Waals surface area contributed by atoms with Crippen molar-refractivity contribution in [2.24, 2.45) is 5.73 Å². The number of β-amino-alcohol motifs (C(OH)–C–C–N with tert-alkyl or cyclic N) is 1. The molecule has 9 heteroatoms. The molecule has 0 spiro atoms. The molecule has 0 saturated carbocycles. The monoisotopic (exact) mass is 677 g/mol. The number of aliphatic hydroxyl groups excluding tert-OH is 1. The second-order valence-electron chi connectivity index (χ2n) is 11.5. The van der Waals surface area contributed by atoms with Crippen molar-refractivity contribution >= 4 is 31.6 Å². The third-order valence-corrected chi connectivity index (χ3v) is 14.4. The number of nitrogens with two attached hydrogens (primary N) is 1. The summed E-state index contributed by atoms with van der Waals surface area (Å²) in [4.78, 5) is 25.0. The SMILES string of the molecule is CCC(N)=O.CCC1CN(CC(O)C(Cc2ccccc2)NC)C(C(=O)NC(C)(C)C)CI1CC.CNC(C)C. The molecule has 1 aromatic rings. The Bertz CT molecular complexity index is 819. The Morgan fingerprint density at radius 1 is 1.10 bits per heavy atom. The number of amides is 2. The van der Waals surface area contributed by atoms with Crippen LogP contribution in [-0.4, -0.2) is 91.6 Å². The summed E-state index contributed by atoms with van der Waals surface area (Å²) in [5, 5.41) is 20.6. The van der Waals surface area contributed by atoms with E-state index in [1.165, 1.54) is 16.4 Å². The zero-order valence-corrected chi connectivity index (χ0v) is 29.0. The zero-order chi connectivity index (χ0) is 30.9. The number of benzene rings is 1. The molecule has 1 fully saturated rings. The van der Waals surface area contributed by atoms with E-state index in [1.54, 1.807) is 6.92 Å². The van der Waals surface area contributed by atoms with Gasteiger partial charge in [0.25, 0.3) is 0 Å². The zero-order valence-electron chi connectivity index (χ0n) is 26.9. The maximum atomic E-state index is 13.2. The number of nitrogens with one attached hydrogen (secondary N) is 3. The van der Waals surface area contributed by atoms with E-state index in [9.17, 15) is 14.7 Å². The molecule has 1 aromatic carbocycles. The van der Waals surface area contributed by atoms with Crippen LogP contribution in [0.15, 0.2) is 30.3 Å². The third-order valence-electron chi connectivity index (χ3n) is 6.72. The van der Waals surface area contributed by atoms with Crippen LogP contribution in [0, 0.1) is 0 Å². The summed E-state index contributed by atoms with van der Waals surface area (Å²) in [5.74, 6) is -0.117. The third kappa shape index (κ3) is 16.2. The molecule has 2 amide bonds. The predicted octanol–water partition coefficient (Wildman–Crippen LogP) is 3.58. The molecular weight excluding hydrogens is 617 g/mol. The minimum Gasteiger partial charge on any atom is -0.318 e. The summed E-state index contributed by atoms with van der Waals surface area (Å²) < 4.78 is 3.01. The van der Waals surface area contributed by atoms with Gasteiger partial charge in [-0.15, -0.1) is 0 Å². The number of carbonyl (C=O) groups excluding carboxylic acids is 2. The van der Waals surface area contributed by atoms with Gasteiger partial charge in [-0.05, 0) is 7.05 Å². The van der Waals surface area contributed by atoms with E-state index in [0.717, 1.165) is 21.3 Å². The van der Waals surface area contributed by atoms with E-state index in [2.05, 4.69) is 66.4 Å². The number of alkyl halides is 3. The fourth-order valence-electron chi connectivity index (χ4n) is 4.12. The van der Waals surface area contributed by atoms with Crippen molar-refractivity contribution in [3.05, 3.63) is 35.9 Å². The molecule has 0 bridgehead atoms. The van der Waals surface area contributed by atoms with E-state index in [1.807, 2.05) is 53.1 Å². The molecule has 1 aliphatic heterocycles. The van der Waals surface area contributed by atoms with Crippen LogP contribution in [0.2, 0.25) is 0 Å². The Kier molecular flexibility index (Phi) is 19.9. The average Bonchev–Trinajstić information content (AvgIpc) is 2.91. The number of hydrogen-bond donors (Lipinski definition) is 5. The van der Waals surface area contributed by atoms with E-state index in [4.69, 9.17) is 0 Å². The van der Waals surface area contributed by atoms with Crippen molar-refractivity contribution in [2.75, 3.05) is 36.0 Å². The largest absolute Gasteiger partial charge is 0.318 e. The molecule has 1 aliphatic rings. The van der Waals surface area contributed by atoms with Crippen molar-refractivity contribution in [3.8, 4) is 0 Å². The van der Waals surface area contributed by atoms with Crippen LogP contribution in [0.1, 0.15) is 73.8 Å². The Hall–Kier alpha value is -1.27. The van der Waals surface area contributed by atoms with Gasteiger partial charge in [-0.3, -0.25) is 4.79 Å². The quantitative estimate of drug-likeness (QED) is 0.181. The number of aliphatic hydroxyl groups is 1. The number of hydrogen-bond acceptors (Lipinski definition) is 6. The first-order valence-corrected chi connectivity index (χ1v) is 19.0. The molecule has 0 aliphatic carbocycles. The molecule has 8 nitrogen and oxygen atoms in total. The molecule has 234 valence electrons. The summed E-state index contributed by atoms with van der Waals surface area (Å²) in [5.41, 5.74) is 5.62. The normalized spacial score (nSPS) is 19.9. The number of rotatable bonds is 11. The summed E-state index contributed by atoms with van der Waals surface area (Å²) in [6.07, 6.45) is 1.87. The summed E-state index contributed by atoms with van der Waals surface area (Å²) in [6, 6.07) is 10.8. The second kappa shape index (κ2) is 20.6. The van der Waals surface area contributed by atoms with Crippen molar-refractivity contribution in [1.29, 1.82) is 0 Å². The number of halogens is 1. The number of carbonyl (C=O) groups is 2. The molecule has 2 rings (SSSR count). The van der Waals surface area contributed by atoms with Crippen molar-refractivity contribution in [1.82, 2.24) is 20.9 Å². The van der Waals surface area contributed by atoms with E-state index in [-0.39, 0.29) is 29.4 Å². The summed E-state index contributed by atoms with van der Waals surface area (Å²) in [7, 11) is 3.86. The summed E-state index contributed by atoms with van der Waals surface area (Å²) in [6.45, 7) is 18.1. The van der Waals surface area contributed by atoms with Crippen LogP contribution in [0.3, 0.4) is 0 Å². The first kappa shape index (κ1) is 38.7. The molecule has 0 aromatic heterocycles. The van der Waals surface area contributed by atoms with Crippen LogP contribution < -0.4 is 21.7 Å². The van der Waals surface area contributed by atoms with Crippen molar-refractivity contribution in [2.45, 2.75) is 108 Å². The fraction of sp³-hybridized carbons (Fsp3) is 0.742. The maximum Gasteiger partial charge on any atom is 0.000733 e. The van der Waals surface area contributed by atoms with Gasteiger partial charge in [0.1, 0.15) is 0 Å². The van der Waals surface area contributed by atoms with Gasteiger partial charge in [0.15, 0.2) is 0 Å². The molecule has 40 heavy (non-hydrogen) atoms. The van der Waals surface area contributed by atoms with E-state index in [0.29, 0.717) is 19.0 Å². The van der Waals surface area contributed by atoms with Gasteiger partial charge in [-0.25, -0.2) is 0 Å². The molecule has 0 radical (unpaired) electrons. The first-order chi connectivity index (χ1) is 18.7. The maximum absolute atomic E-state index is 13.2. The van der Waals surface area contributed by atoms with Crippen molar-refractivity contribution < 1.29 is 14.7 Å². The van der Waals surface area contributed by atoms with Crippen LogP contribution in [0.25, 0.3) is 0 Å². The van der Waals surface area contributed by atoms with Crippen LogP contribution in [0.5, 0.6) is 0 Å². The predicted molar refractivity (Wildman–Crippen MR) is 179 cm³/mol. The standard InChI is InChI=1S/C24H42IN3O2.C4H11N.C3H7NO/c1-7-19-16-28(21(15-25(19)8-2)23(30)27-24(3,4)5)17-22(29)20(26-6)14-18-12-10-9-11-13-18;1-4(2)5-3;1-2-3(4)5/h9-13,19-22,26,29H,7-8,14-17H2,1-6H3,(H,27,30);4-5H,1-3H3;2H2,1H3,(H2,4,5). The van der Waals surface area contributed by atoms with Gasteiger partial charge in [-0.2, -0.15) is 0 Å². The fourth-order valence-corrected chi connectivity index (χ4v) is 11.0. The van der Waals surface area contributed by atoms with E-state index < -0.39 is 25.9 Å². The second-order valence-corrected chi connectivity index (χ2v) is 18.6. The average molecular weight is 678 g/mol. The molecule has 1 heterocycles. The Balaban J connectivity index is 0.00000130. The summed E-state index contributed by atoms with van der Waals surface area (Å²) >= 11 is -1.17. The number of primary amides is 1. The van der Waals surface area contributed by atoms with Crippen LogP contribution in [0.4, 0.5) is 0 Å². The van der Waals surface area contributed by atoms with Gasteiger partial charge >= 0.3 is 191 Å². The Morgan fingerprint density at radius 2 is 1.65 bits per heavy atom. The minimum atomic E-state index is -1.17. The van der Waals surface area contributed by atoms with Crippen LogP contribution in [-0.2, 0) is 16.0 Å².